The largest absolute Gasteiger partial charge is 0.489 e. The van der Waals surface area contributed by atoms with Crippen LogP contribution in [-0.2, 0) is 13.0 Å². The third kappa shape index (κ3) is 2.90. The molecule has 2 heterocycles. The molecule has 2 N–H and O–H groups in total. The van der Waals surface area contributed by atoms with Gasteiger partial charge in [-0.05, 0) is 18.2 Å². The SMILES string of the molecule is c1coc(CCNCc2cccc3c2OCCN3)c1. The van der Waals surface area contributed by atoms with Crippen LogP contribution in [0.15, 0.2) is 41.0 Å². The lowest BCUT2D eigenvalue weighted by molar-refractivity contribution is 0.319. The van der Waals surface area contributed by atoms with E-state index in [0.717, 1.165) is 49.9 Å². The normalized spacial score (nSPS) is 13.5. The first-order valence-corrected chi connectivity index (χ1v) is 6.65. The molecule has 1 aliphatic rings. The molecule has 4 nitrogen and oxygen atoms in total. The van der Waals surface area contributed by atoms with Gasteiger partial charge < -0.3 is 19.8 Å². The number of hydrogen-bond acceptors (Lipinski definition) is 4. The number of hydrogen-bond donors (Lipinski definition) is 2. The molecule has 4 heteroatoms. The van der Waals surface area contributed by atoms with Gasteiger partial charge in [-0.1, -0.05) is 12.1 Å². The molecule has 1 aromatic heterocycles. The molecule has 100 valence electrons. The number of furan rings is 1. The average Bonchev–Trinajstić information content (AvgIpc) is 2.97. The molecule has 0 unspecified atom stereocenters. The molecular formula is C15H18N2O2. The number of benzene rings is 1. The molecule has 1 aliphatic heterocycles. The Morgan fingerprint density at radius 3 is 3.11 bits per heavy atom. The summed E-state index contributed by atoms with van der Waals surface area (Å²) in [5.74, 6) is 2.00. The van der Waals surface area contributed by atoms with Crippen molar-refractivity contribution in [1.29, 1.82) is 0 Å². The minimum Gasteiger partial charge on any atom is -0.489 e. The molecule has 0 atom stereocenters. The van der Waals surface area contributed by atoms with Gasteiger partial charge in [-0.15, -0.1) is 0 Å². The predicted molar refractivity (Wildman–Crippen MR) is 74.5 cm³/mol. The van der Waals surface area contributed by atoms with Gasteiger partial charge in [-0.2, -0.15) is 0 Å². The highest BCUT2D eigenvalue weighted by molar-refractivity contribution is 5.61. The molecule has 0 bridgehead atoms. The molecule has 3 rings (SSSR count). The van der Waals surface area contributed by atoms with Gasteiger partial charge in [0.05, 0.1) is 12.0 Å². The first-order valence-electron chi connectivity index (χ1n) is 6.65. The molecule has 0 saturated heterocycles. The summed E-state index contributed by atoms with van der Waals surface area (Å²) in [6.45, 7) is 3.31. The number of nitrogens with one attached hydrogen (secondary N) is 2. The van der Waals surface area contributed by atoms with Gasteiger partial charge >= 0.3 is 0 Å². The first kappa shape index (κ1) is 12.1. The molecule has 19 heavy (non-hydrogen) atoms. The average molecular weight is 258 g/mol. The van der Waals surface area contributed by atoms with E-state index in [2.05, 4.69) is 28.8 Å². The van der Waals surface area contributed by atoms with Crippen molar-refractivity contribution in [3.63, 3.8) is 0 Å². The van der Waals surface area contributed by atoms with Crippen LogP contribution in [0.25, 0.3) is 0 Å². The molecule has 0 radical (unpaired) electrons. The lowest BCUT2D eigenvalue weighted by Gasteiger charge is -2.21. The minimum absolute atomic E-state index is 0.733. The van der Waals surface area contributed by atoms with Gasteiger partial charge in [0.25, 0.3) is 0 Å². The maximum Gasteiger partial charge on any atom is 0.146 e. The van der Waals surface area contributed by atoms with Crippen LogP contribution in [-0.4, -0.2) is 19.7 Å². The fourth-order valence-corrected chi connectivity index (χ4v) is 2.26. The van der Waals surface area contributed by atoms with E-state index < -0.39 is 0 Å². The van der Waals surface area contributed by atoms with E-state index in [9.17, 15) is 0 Å². The van der Waals surface area contributed by atoms with Gasteiger partial charge in [-0.25, -0.2) is 0 Å². The number of rotatable bonds is 5. The Morgan fingerprint density at radius 1 is 1.21 bits per heavy atom. The van der Waals surface area contributed by atoms with Crippen molar-refractivity contribution in [3.05, 3.63) is 47.9 Å². The molecule has 0 spiro atoms. The second-order valence-electron chi connectivity index (χ2n) is 4.58. The number of ether oxygens (including phenoxy) is 1. The first-order chi connectivity index (χ1) is 9.43. The highest BCUT2D eigenvalue weighted by Gasteiger charge is 2.13. The van der Waals surface area contributed by atoms with E-state index in [4.69, 9.17) is 9.15 Å². The van der Waals surface area contributed by atoms with Gasteiger partial charge in [0, 0.05) is 31.6 Å². The second kappa shape index (κ2) is 5.80. The van der Waals surface area contributed by atoms with E-state index in [1.165, 1.54) is 5.56 Å². The number of anilines is 1. The monoisotopic (exact) mass is 258 g/mol. The Morgan fingerprint density at radius 2 is 2.21 bits per heavy atom. The predicted octanol–water partition coefficient (Wildman–Crippen LogP) is 2.42. The van der Waals surface area contributed by atoms with Crippen LogP contribution in [0, 0.1) is 0 Å². The maximum absolute atomic E-state index is 5.74. The van der Waals surface area contributed by atoms with Gasteiger partial charge in [0.1, 0.15) is 18.1 Å². The lowest BCUT2D eigenvalue weighted by atomic mass is 10.1. The number of para-hydroxylation sites is 1. The number of fused-ring (bicyclic) bond motifs is 1. The van der Waals surface area contributed by atoms with Crippen LogP contribution in [0.1, 0.15) is 11.3 Å². The van der Waals surface area contributed by atoms with Crippen molar-refractivity contribution in [2.45, 2.75) is 13.0 Å². The minimum atomic E-state index is 0.733. The Balaban J connectivity index is 1.55. The van der Waals surface area contributed by atoms with Crippen molar-refractivity contribution in [2.24, 2.45) is 0 Å². The van der Waals surface area contributed by atoms with Crippen LogP contribution >= 0.6 is 0 Å². The summed E-state index contributed by atoms with van der Waals surface area (Å²) in [7, 11) is 0. The van der Waals surface area contributed by atoms with Crippen molar-refractivity contribution in [3.8, 4) is 5.75 Å². The van der Waals surface area contributed by atoms with Crippen LogP contribution in [0.5, 0.6) is 5.75 Å². The van der Waals surface area contributed by atoms with Gasteiger partial charge in [0.2, 0.25) is 0 Å². The van der Waals surface area contributed by atoms with Gasteiger partial charge in [-0.3, -0.25) is 0 Å². The zero-order valence-corrected chi connectivity index (χ0v) is 10.8. The third-order valence-electron chi connectivity index (χ3n) is 3.20. The lowest BCUT2D eigenvalue weighted by Crippen LogP contribution is -2.21. The standard InChI is InChI=1S/C15H18N2O2/c1-3-12(15-14(5-1)17-8-10-19-15)11-16-7-6-13-4-2-9-18-13/h1-5,9,16-17H,6-8,10-11H2. The van der Waals surface area contributed by atoms with E-state index in [-0.39, 0.29) is 0 Å². The third-order valence-corrected chi connectivity index (χ3v) is 3.20. The van der Waals surface area contributed by atoms with Crippen LogP contribution in [0.3, 0.4) is 0 Å². The van der Waals surface area contributed by atoms with E-state index in [1.54, 1.807) is 6.26 Å². The zero-order valence-electron chi connectivity index (χ0n) is 10.8. The van der Waals surface area contributed by atoms with Crippen molar-refractivity contribution in [2.75, 3.05) is 25.0 Å². The van der Waals surface area contributed by atoms with E-state index in [1.807, 2.05) is 12.1 Å². The highest BCUT2D eigenvalue weighted by Crippen LogP contribution is 2.30. The van der Waals surface area contributed by atoms with Crippen molar-refractivity contribution < 1.29 is 9.15 Å². The summed E-state index contributed by atoms with van der Waals surface area (Å²) < 4.78 is 11.0. The molecule has 0 amide bonds. The fourth-order valence-electron chi connectivity index (χ4n) is 2.26. The molecule has 0 saturated carbocycles. The summed E-state index contributed by atoms with van der Waals surface area (Å²) in [5, 5.41) is 6.77. The van der Waals surface area contributed by atoms with E-state index in [0.29, 0.717) is 0 Å². The Hall–Kier alpha value is -1.94. The maximum atomic E-state index is 5.74. The van der Waals surface area contributed by atoms with E-state index >= 15 is 0 Å². The molecule has 0 aliphatic carbocycles. The summed E-state index contributed by atoms with van der Waals surface area (Å²) in [4.78, 5) is 0. The van der Waals surface area contributed by atoms with Crippen molar-refractivity contribution >= 4 is 5.69 Å². The molecule has 2 aromatic rings. The summed E-state index contributed by atoms with van der Waals surface area (Å²) in [6.07, 6.45) is 2.61. The second-order valence-corrected chi connectivity index (χ2v) is 4.58. The van der Waals surface area contributed by atoms with Crippen molar-refractivity contribution in [1.82, 2.24) is 5.32 Å². The fraction of sp³-hybridized carbons (Fsp3) is 0.333. The smallest absolute Gasteiger partial charge is 0.146 e. The zero-order chi connectivity index (χ0) is 12.9. The summed E-state index contributed by atoms with van der Waals surface area (Å²) in [5.41, 5.74) is 2.29. The Bertz CT molecular complexity index is 523. The molecular weight excluding hydrogens is 240 g/mol. The quantitative estimate of drug-likeness (QED) is 0.809. The molecule has 1 aromatic carbocycles. The van der Waals surface area contributed by atoms with Gasteiger partial charge in [0.15, 0.2) is 0 Å². The molecule has 0 fully saturated rings. The van der Waals surface area contributed by atoms with Crippen LogP contribution in [0.2, 0.25) is 0 Å². The highest BCUT2D eigenvalue weighted by atomic mass is 16.5. The Kier molecular flexibility index (Phi) is 3.70. The van der Waals surface area contributed by atoms with Crippen LogP contribution < -0.4 is 15.4 Å². The topological polar surface area (TPSA) is 46.4 Å². The summed E-state index contributed by atoms with van der Waals surface area (Å²) >= 11 is 0. The Labute approximate surface area is 112 Å². The summed E-state index contributed by atoms with van der Waals surface area (Å²) in [6, 6.07) is 10.1. The van der Waals surface area contributed by atoms with Crippen LogP contribution in [0.4, 0.5) is 5.69 Å².